The van der Waals surface area contributed by atoms with Crippen LogP contribution in [0.25, 0.3) is 0 Å². The predicted molar refractivity (Wildman–Crippen MR) is 66.1 cm³/mol. The smallest absolute Gasteiger partial charge is 0.303 e. The molecule has 0 aliphatic heterocycles. The highest BCUT2D eigenvalue weighted by atomic mass is 16.4. The normalized spacial score (nSPS) is 18.7. The van der Waals surface area contributed by atoms with Crippen molar-refractivity contribution in [3.8, 4) is 0 Å². The zero-order valence-electron chi connectivity index (χ0n) is 10.3. The number of carboxylic acids is 1. The molecule has 1 aromatic rings. The number of aromatic nitrogens is 3. The van der Waals surface area contributed by atoms with E-state index in [4.69, 9.17) is 16.7 Å². The first-order valence-corrected chi connectivity index (χ1v) is 6.19. The molecule has 7 heteroatoms. The van der Waals surface area contributed by atoms with Crippen molar-refractivity contribution in [3.05, 3.63) is 5.82 Å². The number of hydrogen-bond donors (Lipinski definition) is 3. The first-order chi connectivity index (χ1) is 8.52. The van der Waals surface area contributed by atoms with E-state index in [0.717, 1.165) is 25.7 Å². The molecule has 7 nitrogen and oxygen atoms in total. The molecule has 5 N–H and O–H groups in total. The van der Waals surface area contributed by atoms with Crippen LogP contribution in [0.4, 0.5) is 5.95 Å². The van der Waals surface area contributed by atoms with Crippen LogP contribution in [-0.4, -0.2) is 25.9 Å². The van der Waals surface area contributed by atoms with Crippen LogP contribution in [0.2, 0.25) is 0 Å². The molecule has 1 fully saturated rings. The fraction of sp³-hybridized carbons (Fsp3) is 0.727. The molecule has 0 saturated heterocycles. The SMILES string of the molecule is Nc1nnc(CC2(CC(=O)O)CCCCC2)n1N. The Morgan fingerprint density at radius 1 is 1.33 bits per heavy atom. The molecule has 0 unspecified atom stereocenters. The molecule has 0 aromatic carbocycles. The summed E-state index contributed by atoms with van der Waals surface area (Å²) < 4.78 is 1.25. The maximum absolute atomic E-state index is 11.1. The number of rotatable bonds is 4. The summed E-state index contributed by atoms with van der Waals surface area (Å²) >= 11 is 0. The van der Waals surface area contributed by atoms with Crippen molar-refractivity contribution in [2.75, 3.05) is 11.6 Å². The molecule has 0 amide bonds. The molecule has 1 saturated carbocycles. The first-order valence-electron chi connectivity index (χ1n) is 6.19. The Morgan fingerprint density at radius 2 is 2.00 bits per heavy atom. The summed E-state index contributed by atoms with van der Waals surface area (Å²) in [4.78, 5) is 11.1. The zero-order valence-corrected chi connectivity index (χ0v) is 10.3. The summed E-state index contributed by atoms with van der Waals surface area (Å²) in [6.45, 7) is 0. The van der Waals surface area contributed by atoms with Crippen LogP contribution in [0.15, 0.2) is 0 Å². The fourth-order valence-electron chi connectivity index (χ4n) is 2.83. The van der Waals surface area contributed by atoms with Gasteiger partial charge in [0.1, 0.15) is 0 Å². The van der Waals surface area contributed by atoms with Crippen LogP contribution >= 0.6 is 0 Å². The highest BCUT2D eigenvalue weighted by Crippen LogP contribution is 2.41. The van der Waals surface area contributed by atoms with Crippen molar-refractivity contribution in [2.24, 2.45) is 5.41 Å². The van der Waals surface area contributed by atoms with E-state index < -0.39 is 5.97 Å². The number of aliphatic carboxylic acids is 1. The molecular weight excluding hydrogens is 234 g/mol. The van der Waals surface area contributed by atoms with Crippen LogP contribution in [0.3, 0.4) is 0 Å². The van der Waals surface area contributed by atoms with E-state index in [1.807, 2.05) is 0 Å². The summed E-state index contributed by atoms with van der Waals surface area (Å²) in [5.41, 5.74) is 5.29. The molecule has 18 heavy (non-hydrogen) atoms. The van der Waals surface area contributed by atoms with Gasteiger partial charge in [-0.3, -0.25) is 4.79 Å². The molecular formula is C11H19N5O2. The Morgan fingerprint density at radius 3 is 2.50 bits per heavy atom. The van der Waals surface area contributed by atoms with Crippen molar-refractivity contribution in [1.82, 2.24) is 14.9 Å². The van der Waals surface area contributed by atoms with E-state index in [9.17, 15) is 4.79 Å². The van der Waals surface area contributed by atoms with Crippen LogP contribution in [-0.2, 0) is 11.2 Å². The molecule has 0 radical (unpaired) electrons. The Balaban J connectivity index is 2.19. The second-order valence-electron chi connectivity index (χ2n) is 5.15. The Hall–Kier alpha value is -1.79. The van der Waals surface area contributed by atoms with Gasteiger partial charge >= 0.3 is 5.97 Å². The van der Waals surface area contributed by atoms with Crippen molar-refractivity contribution >= 4 is 11.9 Å². The molecule has 0 spiro atoms. The average molecular weight is 253 g/mol. The second-order valence-corrected chi connectivity index (χ2v) is 5.15. The molecule has 0 bridgehead atoms. The van der Waals surface area contributed by atoms with Gasteiger partial charge in [0.25, 0.3) is 0 Å². The topological polar surface area (TPSA) is 120 Å². The highest BCUT2D eigenvalue weighted by molar-refractivity contribution is 5.67. The van der Waals surface area contributed by atoms with Gasteiger partial charge in [-0.05, 0) is 18.3 Å². The molecule has 0 atom stereocenters. The minimum atomic E-state index is -0.770. The van der Waals surface area contributed by atoms with Crippen LogP contribution < -0.4 is 11.6 Å². The lowest BCUT2D eigenvalue weighted by Gasteiger charge is -2.35. The molecule has 2 rings (SSSR count). The van der Waals surface area contributed by atoms with Gasteiger partial charge in [-0.1, -0.05) is 19.3 Å². The highest BCUT2D eigenvalue weighted by Gasteiger charge is 2.36. The van der Waals surface area contributed by atoms with Crippen molar-refractivity contribution in [1.29, 1.82) is 0 Å². The van der Waals surface area contributed by atoms with E-state index in [-0.39, 0.29) is 17.8 Å². The van der Waals surface area contributed by atoms with E-state index in [0.29, 0.717) is 12.2 Å². The Bertz CT molecular complexity index is 437. The average Bonchev–Trinajstić information content (AvgIpc) is 2.61. The molecule has 1 heterocycles. The van der Waals surface area contributed by atoms with Crippen molar-refractivity contribution in [3.63, 3.8) is 0 Å². The number of carbonyl (C=O) groups is 1. The molecule has 100 valence electrons. The maximum atomic E-state index is 11.1. The van der Waals surface area contributed by atoms with Gasteiger partial charge < -0.3 is 16.7 Å². The number of carboxylic acid groups (broad SMARTS) is 1. The van der Waals surface area contributed by atoms with E-state index in [1.54, 1.807) is 0 Å². The lowest BCUT2D eigenvalue weighted by molar-refractivity contribution is -0.140. The van der Waals surface area contributed by atoms with E-state index >= 15 is 0 Å². The quantitative estimate of drug-likeness (QED) is 0.673. The number of nitrogens with two attached hydrogens (primary N) is 2. The molecule has 1 aliphatic rings. The van der Waals surface area contributed by atoms with Gasteiger partial charge in [0, 0.05) is 6.42 Å². The van der Waals surface area contributed by atoms with Gasteiger partial charge in [-0.25, -0.2) is 4.68 Å². The van der Waals surface area contributed by atoms with Crippen LogP contribution in [0.1, 0.15) is 44.3 Å². The summed E-state index contributed by atoms with van der Waals surface area (Å²) in [6.07, 6.45) is 5.75. The third kappa shape index (κ3) is 2.55. The van der Waals surface area contributed by atoms with Gasteiger partial charge in [-0.2, -0.15) is 0 Å². The van der Waals surface area contributed by atoms with Crippen molar-refractivity contribution < 1.29 is 9.90 Å². The fourth-order valence-corrected chi connectivity index (χ4v) is 2.83. The number of nitrogens with zero attached hydrogens (tertiary/aromatic N) is 3. The third-order valence-corrected chi connectivity index (χ3v) is 3.77. The Kier molecular flexibility index (Phi) is 3.40. The minimum absolute atomic E-state index is 0.153. The monoisotopic (exact) mass is 253 g/mol. The molecule has 1 aromatic heterocycles. The number of anilines is 1. The minimum Gasteiger partial charge on any atom is -0.481 e. The summed E-state index contributed by atoms with van der Waals surface area (Å²) in [6, 6.07) is 0. The van der Waals surface area contributed by atoms with Gasteiger partial charge in [0.05, 0.1) is 6.42 Å². The lowest BCUT2D eigenvalue weighted by Crippen LogP contribution is -2.32. The Labute approximate surface area is 105 Å². The van der Waals surface area contributed by atoms with E-state index in [1.165, 1.54) is 11.1 Å². The third-order valence-electron chi connectivity index (χ3n) is 3.77. The predicted octanol–water partition coefficient (Wildman–Crippen LogP) is 0.542. The van der Waals surface area contributed by atoms with E-state index in [2.05, 4.69) is 10.2 Å². The van der Waals surface area contributed by atoms with Gasteiger partial charge in [0.15, 0.2) is 5.82 Å². The van der Waals surface area contributed by atoms with Crippen LogP contribution in [0.5, 0.6) is 0 Å². The van der Waals surface area contributed by atoms with Crippen LogP contribution in [0, 0.1) is 5.41 Å². The summed E-state index contributed by atoms with van der Waals surface area (Å²) in [5.74, 6) is 5.68. The lowest BCUT2D eigenvalue weighted by atomic mass is 9.69. The second kappa shape index (κ2) is 4.83. The largest absolute Gasteiger partial charge is 0.481 e. The number of nitrogen functional groups attached to an aromatic ring is 2. The summed E-state index contributed by atoms with van der Waals surface area (Å²) in [7, 11) is 0. The van der Waals surface area contributed by atoms with Gasteiger partial charge in [-0.15, -0.1) is 10.2 Å². The number of hydrogen-bond acceptors (Lipinski definition) is 5. The maximum Gasteiger partial charge on any atom is 0.303 e. The molecule has 1 aliphatic carbocycles. The first kappa shape index (κ1) is 12.7. The standard InChI is InChI=1S/C11H19N5O2/c12-10-15-14-8(16(10)13)6-11(7-9(17)18)4-2-1-3-5-11/h1-7,13H2,(H2,12,15)(H,17,18). The zero-order chi connectivity index (χ0) is 13.2. The van der Waals surface area contributed by atoms with Gasteiger partial charge in [0.2, 0.25) is 5.95 Å². The van der Waals surface area contributed by atoms with Crippen molar-refractivity contribution in [2.45, 2.75) is 44.9 Å². The summed E-state index contributed by atoms with van der Waals surface area (Å²) in [5, 5.41) is 16.7.